The van der Waals surface area contributed by atoms with E-state index in [2.05, 4.69) is 10.1 Å². The molecule has 0 spiro atoms. The summed E-state index contributed by atoms with van der Waals surface area (Å²) in [6.07, 6.45) is 0. The molecule has 0 fully saturated rings. The van der Waals surface area contributed by atoms with Gasteiger partial charge < -0.3 is 4.52 Å². The number of fused-ring (bicyclic) bond motifs is 1. The molecule has 24 heavy (non-hydrogen) atoms. The van der Waals surface area contributed by atoms with Crippen molar-refractivity contribution in [1.82, 2.24) is 14.7 Å². The average molecular weight is 355 g/mol. The topological polar surface area (TPSA) is 60.9 Å². The maximum atomic E-state index is 12.9. The quantitative estimate of drug-likeness (QED) is 0.408. The number of thiophene rings is 1. The van der Waals surface area contributed by atoms with Crippen LogP contribution in [0.15, 0.2) is 62.3 Å². The van der Waals surface area contributed by atoms with Crippen LogP contribution in [0.1, 0.15) is 11.5 Å². The van der Waals surface area contributed by atoms with E-state index in [1.165, 1.54) is 23.1 Å². The molecular weight excluding hydrogens is 342 g/mol. The van der Waals surface area contributed by atoms with Gasteiger partial charge in [0.2, 0.25) is 0 Å². The molecule has 5 nitrogen and oxygen atoms in total. The van der Waals surface area contributed by atoms with Crippen molar-refractivity contribution in [2.24, 2.45) is 0 Å². The Morgan fingerprint density at radius 1 is 1.25 bits per heavy atom. The second-order valence-electron chi connectivity index (χ2n) is 5.23. The molecule has 0 aliphatic heterocycles. The molecule has 0 saturated heterocycles. The van der Waals surface area contributed by atoms with Gasteiger partial charge in [-0.05, 0) is 30.5 Å². The van der Waals surface area contributed by atoms with Crippen molar-refractivity contribution in [1.29, 1.82) is 0 Å². The summed E-state index contributed by atoms with van der Waals surface area (Å²) >= 11 is 2.94. The Morgan fingerprint density at radius 3 is 2.83 bits per heavy atom. The zero-order chi connectivity index (χ0) is 16.5. The third-order valence-corrected chi connectivity index (χ3v) is 5.27. The van der Waals surface area contributed by atoms with Gasteiger partial charge in [-0.1, -0.05) is 35.1 Å². The van der Waals surface area contributed by atoms with Gasteiger partial charge in [-0.25, -0.2) is 4.98 Å². The molecule has 3 heterocycles. The van der Waals surface area contributed by atoms with Crippen LogP contribution in [0.2, 0.25) is 0 Å². The maximum Gasteiger partial charge on any atom is 0.267 e. The summed E-state index contributed by atoms with van der Waals surface area (Å²) in [5.41, 5.74) is 1.59. The van der Waals surface area contributed by atoms with E-state index in [1.807, 2.05) is 54.8 Å². The first-order valence-corrected chi connectivity index (χ1v) is 9.19. The Bertz CT molecular complexity index is 1050. The van der Waals surface area contributed by atoms with Crippen LogP contribution in [-0.4, -0.2) is 14.7 Å². The normalized spacial score (nSPS) is 11.2. The van der Waals surface area contributed by atoms with E-state index in [0.717, 1.165) is 22.0 Å². The maximum absolute atomic E-state index is 12.9. The first-order valence-electron chi connectivity index (χ1n) is 7.33. The lowest BCUT2D eigenvalue weighted by Gasteiger charge is -2.11. The van der Waals surface area contributed by atoms with Crippen molar-refractivity contribution in [2.75, 3.05) is 0 Å². The number of para-hydroxylation sites is 1. The molecule has 0 aliphatic rings. The first-order chi connectivity index (χ1) is 11.7. The largest absolute Gasteiger partial charge is 0.360 e. The summed E-state index contributed by atoms with van der Waals surface area (Å²) in [7, 11) is 0. The Labute approximate surface area is 145 Å². The highest BCUT2D eigenvalue weighted by Crippen LogP contribution is 2.26. The summed E-state index contributed by atoms with van der Waals surface area (Å²) in [5.74, 6) is 1.33. The fourth-order valence-corrected chi connectivity index (χ4v) is 4.11. The molecule has 7 heteroatoms. The number of hydrogen-bond donors (Lipinski definition) is 0. The molecule has 0 amide bonds. The molecule has 0 aliphatic carbocycles. The van der Waals surface area contributed by atoms with Crippen LogP contribution in [-0.2, 0) is 5.75 Å². The lowest BCUT2D eigenvalue weighted by atomic mass is 10.3. The highest BCUT2D eigenvalue weighted by molar-refractivity contribution is 7.98. The van der Waals surface area contributed by atoms with Gasteiger partial charge in [0.25, 0.3) is 5.56 Å². The fourth-order valence-electron chi connectivity index (χ4n) is 2.42. The third kappa shape index (κ3) is 2.76. The van der Waals surface area contributed by atoms with Gasteiger partial charge in [0, 0.05) is 6.07 Å². The molecule has 0 radical (unpaired) electrons. The molecule has 0 unspecified atom stereocenters. The molecule has 1 aromatic carbocycles. The van der Waals surface area contributed by atoms with E-state index in [1.54, 1.807) is 4.57 Å². The minimum atomic E-state index is -0.0521. The smallest absolute Gasteiger partial charge is 0.267 e. The van der Waals surface area contributed by atoms with Gasteiger partial charge in [0.05, 0.1) is 22.5 Å². The Morgan fingerprint density at radius 2 is 2.08 bits per heavy atom. The summed E-state index contributed by atoms with van der Waals surface area (Å²) in [6, 6.07) is 13.3. The van der Waals surface area contributed by atoms with Crippen molar-refractivity contribution in [3.63, 3.8) is 0 Å². The number of rotatable bonds is 4. The zero-order valence-electron chi connectivity index (χ0n) is 12.8. The van der Waals surface area contributed by atoms with Crippen LogP contribution in [0.3, 0.4) is 0 Å². The molecule has 0 saturated carbocycles. The van der Waals surface area contributed by atoms with Gasteiger partial charge in [0.15, 0.2) is 5.16 Å². The molecule has 0 N–H and O–H groups in total. The zero-order valence-corrected chi connectivity index (χ0v) is 14.4. The number of aryl methyl sites for hydroxylation is 1. The van der Waals surface area contributed by atoms with E-state index < -0.39 is 0 Å². The number of hydrogen-bond acceptors (Lipinski definition) is 6. The molecule has 4 aromatic rings. The summed E-state index contributed by atoms with van der Waals surface area (Å²) in [5, 5.41) is 7.08. The van der Waals surface area contributed by atoms with Gasteiger partial charge in [0.1, 0.15) is 10.6 Å². The van der Waals surface area contributed by atoms with E-state index in [4.69, 9.17) is 4.52 Å². The third-order valence-electron chi connectivity index (χ3n) is 3.50. The van der Waals surface area contributed by atoms with Crippen LogP contribution in [0, 0.1) is 6.92 Å². The van der Waals surface area contributed by atoms with Crippen molar-refractivity contribution in [2.45, 2.75) is 17.8 Å². The van der Waals surface area contributed by atoms with E-state index in [0.29, 0.717) is 16.3 Å². The summed E-state index contributed by atoms with van der Waals surface area (Å²) < 4.78 is 6.91. The van der Waals surface area contributed by atoms with Gasteiger partial charge in [-0.3, -0.25) is 9.36 Å². The van der Waals surface area contributed by atoms with Crippen molar-refractivity contribution in [3.05, 3.63) is 69.7 Å². The van der Waals surface area contributed by atoms with E-state index in [9.17, 15) is 4.79 Å². The Kier molecular flexibility index (Phi) is 3.95. The fraction of sp³-hybridized carbons (Fsp3) is 0.118. The Balaban J connectivity index is 1.82. The highest BCUT2D eigenvalue weighted by Gasteiger charge is 2.15. The second kappa shape index (κ2) is 6.26. The molecule has 0 bridgehead atoms. The van der Waals surface area contributed by atoms with Crippen molar-refractivity contribution >= 4 is 33.3 Å². The van der Waals surface area contributed by atoms with Gasteiger partial charge in [-0.15, -0.1) is 11.3 Å². The summed E-state index contributed by atoms with van der Waals surface area (Å²) in [6.45, 7) is 1.88. The van der Waals surface area contributed by atoms with Crippen LogP contribution in [0.5, 0.6) is 0 Å². The number of thioether (sulfide) groups is 1. The van der Waals surface area contributed by atoms with Gasteiger partial charge >= 0.3 is 0 Å². The molecule has 120 valence electrons. The monoisotopic (exact) mass is 355 g/mol. The SMILES string of the molecule is Cc1cc(CSc2nc3sccc3c(=O)n2-c2ccccc2)on1. The number of nitrogens with zero attached hydrogens (tertiary/aromatic N) is 3. The molecular formula is C17H13N3O2S2. The second-order valence-corrected chi connectivity index (χ2v) is 7.07. The van der Waals surface area contributed by atoms with Crippen LogP contribution >= 0.6 is 23.1 Å². The van der Waals surface area contributed by atoms with Crippen molar-refractivity contribution in [3.8, 4) is 5.69 Å². The Hall–Kier alpha value is -2.38. The predicted octanol–water partition coefficient (Wildman–Crippen LogP) is 4.04. The number of benzene rings is 1. The predicted molar refractivity (Wildman–Crippen MR) is 96.0 cm³/mol. The van der Waals surface area contributed by atoms with Crippen LogP contribution < -0.4 is 5.56 Å². The average Bonchev–Trinajstić information content (AvgIpc) is 3.22. The summed E-state index contributed by atoms with van der Waals surface area (Å²) in [4.78, 5) is 18.3. The van der Waals surface area contributed by atoms with Crippen molar-refractivity contribution < 1.29 is 4.52 Å². The standard InChI is InChI=1S/C17H13N3O2S2/c1-11-9-13(22-19-11)10-24-17-18-15-14(7-8-23-15)16(21)20(17)12-5-3-2-4-6-12/h2-9H,10H2,1H3. The van der Waals surface area contributed by atoms with Crippen LogP contribution in [0.4, 0.5) is 0 Å². The minimum Gasteiger partial charge on any atom is -0.360 e. The first kappa shape index (κ1) is 15.2. The lowest BCUT2D eigenvalue weighted by Crippen LogP contribution is -2.21. The lowest BCUT2D eigenvalue weighted by molar-refractivity contribution is 0.391. The minimum absolute atomic E-state index is 0.0521. The van der Waals surface area contributed by atoms with Gasteiger partial charge in [-0.2, -0.15) is 0 Å². The molecule has 3 aromatic heterocycles. The van der Waals surface area contributed by atoms with E-state index in [-0.39, 0.29) is 5.56 Å². The van der Waals surface area contributed by atoms with Crippen LogP contribution in [0.25, 0.3) is 15.9 Å². The molecule has 0 atom stereocenters. The molecule has 4 rings (SSSR count). The van der Waals surface area contributed by atoms with E-state index >= 15 is 0 Å². The highest BCUT2D eigenvalue weighted by atomic mass is 32.2. The number of aromatic nitrogens is 3.